The number of nitrogens with one attached hydrogen (secondary N) is 2. The van der Waals surface area contributed by atoms with E-state index >= 15 is 0 Å². The van der Waals surface area contributed by atoms with Crippen LogP contribution in [0.25, 0.3) is 11.4 Å². The van der Waals surface area contributed by atoms with Crippen molar-refractivity contribution in [2.24, 2.45) is 0 Å². The van der Waals surface area contributed by atoms with Gasteiger partial charge < -0.3 is 24.6 Å². The van der Waals surface area contributed by atoms with E-state index in [1.807, 2.05) is 31.2 Å². The van der Waals surface area contributed by atoms with Crippen molar-refractivity contribution in [3.63, 3.8) is 0 Å². The van der Waals surface area contributed by atoms with Crippen LogP contribution in [-0.2, 0) is 16.0 Å². The lowest BCUT2D eigenvalue weighted by atomic mass is 10.2. The Morgan fingerprint density at radius 1 is 1.23 bits per heavy atom. The summed E-state index contributed by atoms with van der Waals surface area (Å²) in [6.45, 7) is 2.51. The number of ether oxygens (including phenoxy) is 2. The lowest BCUT2D eigenvalue weighted by molar-refractivity contribution is -0.118. The fraction of sp³-hybridized carbons (Fsp3) is 0.238. The zero-order chi connectivity index (χ0) is 20.9. The highest BCUT2D eigenvalue weighted by Gasteiger charge is 2.17. The number of fused-ring (bicyclic) bond motifs is 1. The molecule has 0 spiro atoms. The Bertz CT molecular complexity index is 1060. The molecule has 0 atom stereocenters. The molecule has 0 saturated carbocycles. The van der Waals surface area contributed by atoms with Crippen LogP contribution in [-0.4, -0.2) is 35.2 Å². The van der Waals surface area contributed by atoms with E-state index in [1.54, 1.807) is 18.2 Å². The first kappa shape index (κ1) is 19.4. The molecule has 9 heteroatoms. The molecule has 4 rings (SSSR count). The van der Waals surface area contributed by atoms with Gasteiger partial charge in [-0.25, -0.2) is 0 Å². The van der Waals surface area contributed by atoms with Crippen molar-refractivity contribution in [1.82, 2.24) is 10.1 Å². The largest absolute Gasteiger partial charge is 0.494 e. The normalized spacial score (nSPS) is 12.5. The summed E-state index contributed by atoms with van der Waals surface area (Å²) in [6, 6.07) is 12.5. The highest BCUT2D eigenvalue weighted by Crippen LogP contribution is 2.30. The van der Waals surface area contributed by atoms with E-state index in [-0.39, 0.29) is 24.8 Å². The third kappa shape index (κ3) is 4.57. The molecule has 0 saturated heterocycles. The molecule has 154 valence electrons. The number of hydrogen-bond donors (Lipinski definition) is 2. The molecule has 2 N–H and O–H groups in total. The second-order valence-corrected chi connectivity index (χ2v) is 6.57. The van der Waals surface area contributed by atoms with Crippen LogP contribution in [0.4, 0.5) is 11.4 Å². The molecule has 1 aromatic heterocycles. The topological polar surface area (TPSA) is 116 Å². The molecule has 9 nitrogen and oxygen atoms in total. The Balaban J connectivity index is 1.32. The van der Waals surface area contributed by atoms with Gasteiger partial charge in [0.2, 0.25) is 17.6 Å². The average Bonchev–Trinajstić information content (AvgIpc) is 3.22. The minimum absolute atomic E-state index is 0.0124. The van der Waals surface area contributed by atoms with Gasteiger partial charge in [0.15, 0.2) is 6.61 Å². The molecule has 0 aliphatic carbocycles. The predicted molar refractivity (Wildman–Crippen MR) is 108 cm³/mol. The summed E-state index contributed by atoms with van der Waals surface area (Å²) in [6.07, 6.45) is 0.478. The fourth-order valence-electron chi connectivity index (χ4n) is 2.95. The Morgan fingerprint density at radius 2 is 2.07 bits per heavy atom. The van der Waals surface area contributed by atoms with Gasteiger partial charge in [-0.15, -0.1) is 0 Å². The van der Waals surface area contributed by atoms with Crippen molar-refractivity contribution in [3.05, 3.63) is 48.4 Å². The Hall–Kier alpha value is -3.88. The molecule has 0 radical (unpaired) electrons. The second kappa shape index (κ2) is 8.64. The van der Waals surface area contributed by atoms with Crippen LogP contribution in [0.15, 0.2) is 47.0 Å². The minimum atomic E-state index is -0.231. The van der Waals surface area contributed by atoms with Crippen LogP contribution in [0.5, 0.6) is 11.5 Å². The van der Waals surface area contributed by atoms with Crippen molar-refractivity contribution in [2.45, 2.75) is 19.8 Å². The van der Waals surface area contributed by atoms with Gasteiger partial charge in [0.05, 0.1) is 12.3 Å². The SMILES string of the molecule is CCOc1ccc(-c2noc(CCC(=O)Nc3ccc4c(c3)NC(=O)CO4)n2)cc1. The van der Waals surface area contributed by atoms with Crippen molar-refractivity contribution in [2.75, 3.05) is 23.8 Å². The van der Waals surface area contributed by atoms with Gasteiger partial charge in [0.1, 0.15) is 11.5 Å². The predicted octanol–water partition coefficient (Wildman–Crippen LogP) is 3.04. The maximum atomic E-state index is 12.3. The van der Waals surface area contributed by atoms with Crippen molar-refractivity contribution in [1.29, 1.82) is 0 Å². The molecule has 3 aromatic rings. The van der Waals surface area contributed by atoms with Gasteiger partial charge in [-0.1, -0.05) is 5.16 Å². The number of aromatic nitrogens is 2. The summed E-state index contributed by atoms with van der Waals surface area (Å²) in [4.78, 5) is 28.0. The quantitative estimate of drug-likeness (QED) is 0.617. The maximum absolute atomic E-state index is 12.3. The highest BCUT2D eigenvalue weighted by atomic mass is 16.5. The van der Waals surface area contributed by atoms with Gasteiger partial charge in [-0.2, -0.15) is 4.98 Å². The van der Waals surface area contributed by atoms with E-state index in [0.29, 0.717) is 41.9 Å². The summed E-state index contributed by atoms with van der Waals surface area (Å²) in [7, 11) is 0. The molecule has 1 aliphatic rings. The lowest BCUT2D eigenvalue weighted by Gasteiger charge is -2.18. The van der Waals surface area contributed by atoms with Crippen molar-refractivity contribution in [3.8, 4) is 22.9 Å². The number of nitrogens with zero attached hydrogens (tertiary/aromatic N) is 2. The third-order valence-corrected chi connectivity index (χ3v) is 4.35. The first-order chi connectivity index (χ1) is 14.6. The molecule has 0 bridgehead atoms. The van der Waals surface area contributed by atoms with E-state index in [1.165, 1.54) is 0 Å². The Morgan fingerprint density at radius 3 is 2.87 bits per heavy atom. The van der Waals surface area contributed by atoms with Crippen LogP contribution in [0.2, 0.25) is 0 Å². The number of benzene rings is 2. The number of rotatable bonds is 7. The number of hydrogen-bond acceptors (Lipinski definition) is 7. The van der Waals surface area contributed by atoms with Gasteiger partial charge >= 0.3 is 0 Å². The number of amides is 2. The Labute approximate surface area is 172 Å². The Kier molecular flexibility index (Phi) is 5.60. The van der Waals surface area contributed by atoms with Crippen LogP contribution in [0.3, 0.4) is 0 Å². The highest BCUT2D eigenvalue weighted by molar-refractivity contribution is 5.97. The number of aryl methyl sites for hydroxylation is 1. The molecule has 2 heterocycles. The van der Waals surface area contributed by atoms with Crippen molar-refractivity contribution >= 4 is 23.2 Å². The first-order valence-corrected chi connectivity index (χ1v) is 9.53. The standard InChI is InChI=1S/C21H20N4O5/c1-2-28-15-6-3-13(4-7-15)21-24-20(30-25-21)10-9-18(26)22-14-5-8-17-16(11-14)23-19(27)12-29-17/h3-8,11H,2,9-10,12H2,1H3,(H,22,26)(H,23,27). The van der Waals surface area contributed by atoms with E-state index in [0.717, 1.165) is 11.3 Å². The molecular formula is C21H20N4O5. The summed E-state index contributed by atoms with van der Waals surface area (Å²) in [5.74, 6) is 1.73. The van der Waals surface area contributed by atoms with E-state index < -0.39 is 0 Å². The lowest BCUT2D eigenvalue weighted by Crippen LogP contribution is -2.25. The van der Waals surface area contributed by atoms with Gasteiger partial charge in [0.25, 0.3) is 5.91 Å². The molecule has 2 aromatic carbocycles. The maximum Gasteiger partial charge on any atom is 0.262 e. The molecule has 2 amide bonds. The van der Waals surface area contributed by atoms with Crippen molar-refractivity contribution < 1.29 is 23.6 Å². The van der Waals surface area contributed by atoms with Crippen LogP contribution < -0.4 is 20.1 Å². The number of carbonyl (C=O) groups is 2. The van der Waals surface area contributed by atoms with E-state index in [4.69, 9.17) is 14.0 Å². The van der Waals surface area contributed by atoms with Gasteiger partial charge in [0, 0.05) is 24.1 Å². The van der Waals surface area contributed by atoms with Gasteiger partial charge in [-0.05, 0) is 49.4 Å². The smallest absolute Gasteiger partial charge is 0.262 e. The van der Waals surface area contributed by atoms with E-state index in [2.05, 4.69) is 20.8 Å². The summed E-state index contributed by atoms with van der Waals surface area (Å²) < 4.78 is 16.0. The molecule has 0 fully saturated rings. The number of anilines is 2. The van der Waals surface area contributed by atoms with Crippen LogP contribution in [0, 0.1) is 0 Å². The van der Waals surface area contributed by atoms with Crippen LogP contribution >= 0.6 is 0 Å². The van der Waals surface area contributed by atoms with E-state index in [9.17, 15) is 9.59 Å². The summed E-state index contributed by atoms with van der Waals surface area (Å²) >= 11 is 0. The molecule has 1 aliphatic heterocycles. The molecule has 0 unspecified atom stereocenters. The second-order valence-electron chi connectivity index (χ2n) is 6.57. The zero-order valence-electron chi connectivity index (χ0n) is 16.3. The van der Waals surface area contributed by atoms with Crippen LogP contribution in [0.1, 0.15) is 19.2 Å². The minimum Gasteiger partial charge on any atom is -0.494 e. The monoisotopic (exact) mass is 408 g/mol. The molecular weight excluding hydrogens is 388 g/mol. The zero-order valence-corrected chi connectivity index (χ0v) is 16.3. The van der Waals surface area contributed by atoms with Gasteiger partial charge in [-0.3, -0.25) is 9.59 Å². The summed E-state index contributed by atoms with van der Waals surface area (Å²) in [5, 5.41) is 9.45. The average molecular weight is 408 g/mol. The third-order valence-electron chi connectivity index (χ3n) is 4.35. The number of carbonyl (C=O) groups excluding carboxylic acids is 2. The fourth-order valence-corrected chi connectivity index (χ4v) is 2.95. The first-order valence-electron chi connectivity index (χ1n) is 9.53. The molecule has 30 heavy (non-hydrogen) atoms. The summed E-state index contributed by atoms with van der Waals surface area (Å²) in [5.41, 5.74) is 1.89.